The number of carbonyl (C=O) groups excluding carboxylic acids is 1. The maximum Gasteiger partial charge on any atom is 0.335 e. The Kier molecular flexibility index (Phi) is 5.36. The largest absolute Gasteiger partial charge is 0.478 e. The number of aromatic carboxylic acids is 1. The molecule has 4 heteroatoms. The molecule has 18 heavy (non-hydrogen) atoms. The van der Waals surface area contributed by atoms with Gasteiger partial charge in [0.25, 0.3) is 0 Å². The summed E-state index contributed by atoms with van der Waals surface area (Å²) < 4.78 is 5.12. The zero-order valence-electron chi connectivity index (χ0n) is 10.7. The number of carbonyl (C=O) groups is 2. The molecule has 1 rings (SSSR count). The Balaban J connectivity index is 2.63. The average Bonchev–Trinajstić information content (AvgIpc) is 2.38. The molecule has 0 bridgehead atoms. The van der Waals surface area contributed by atoms with Crippen LogP contribution >= 0.6 is 0 Å². The maximum absolute atomic E-state index is 11.7. The van der Waals surface area contributed by atoms with Gasteiger partial charge in [0.1, 0.15) is 0 Å². The molecular formula is C14H18O4. The van der Waals surface area contributed by atoms with E-state index in [4.69, 9.17) is 9.84 Å². The van der Waals surface area contributed by atoms with Crippen LogP contribution in [0.5, 0.6) is 0 Å². The number of rotatable bonds is 6. The lowest BCUT2D eigenvalue weighted by molar-refractivity contribution is -0.145. The molecule has 0 aliphatic heterocycles. The van der Waals surface area contributed by atoms with E-state index in [1.54, 1.807) is 19.1 Å². The number of hydrogen-bond donors (Lipinski definition) is 1. The van der Waals surface area contributed by atoms with E-state index in [0.29, 0.717) is 6.61 Å². The first-order valence-electron chi connectivity index (χ1n) is 6.06. The second-order valence-electron chi connectivity index (χ2n) is 4.17. The van der Waals surface area contributed by atoms with Crippen molar-refractivity contribution in [3.63, 3.8) is 0 Å². The van der Waals surface area contributed by atoms with Crippen molar-refractivity contribution >= 4 is 11.9 Å². The SMILES string of the molecule is CCCCOC(=O)[C@@H](C)c1ccc(C(=O)O)cc1. The Labute approximate surface area is 107 Å². The molecule has 0 spiro atoms. The fourth-order valence-corrected chi connectivity index (χ4v) is 1.49. The first-order chi connectivity index (χ1) is 8.56. The highest BCUT2D eigenvalue weighted by Crippen LogP contribution is 2.17. The van der Waals surface area contributed by atoms with E-state index in [2.05, 4.69) is 0 Å². The summed E-state index contributed by atoms with van der Waals surface area (Å²) in [7, 11) is 0. The van der Waals surface area contributed by atoms with Crippen molar-refractivity contribution in [1.29, 1.82) is 0 Å². The van der Waals surface area contributed by atoms with Crippen LogP contribution in [0.3, 0.4) is 0 Å². The first-order valence-corrected chi connectivity index (χ1v) is 6.06. The van der Waals surface area contributed by atoms with Gasteiger partial charge in [0.2, 0.25) is 0 Å². The molecule has 0 aromatic heterocycles. The second-order valence-corrected chi connectivity index (χ2v) is 4.17. The Bertz CT molecular complexity index is 408. The van der Waals surface area contributed by atoms with Crippen molar-refractivity contribution in [3.8, 4) is 0 Å². The molecule has 1 aromatic carbocycles. The quantitative estimate of drug-likeness (QED) is 0.623. The van der Waals surface area contributed by atoms with Crippen molar-refractivity contribution in [1.82, 2.24) is 0 Å². The molecule has 1 N–H and O–H groups in total. The summed E-state index contributed by atoms with van der Waals surface area (Å²) in [6.07, 6.45) is 1.84. The number of ether oxygens (including phenoxy) is 1. The van der Waals surface area contributed by atoms with Crippen LogP contribution < -0.4 is 0 Å². The maximum atomic E-state index is 11.7. The van der Waals surface area contributed by atoms with Gasteiger partial charge in [-0.1, -0.05) is 25.5 Å². The van der Waals surface area contributed by atoms with Crippen molar-refractivity contribution in [2.24, 2.45) is 0 Å². The molecule has 0 amide bonds. The van der Waals surface area contributed by atoms with Gasteiger partial charge >= 0.3 is 11.9 Å². The van der Waals surface area contributed by atoms with Crippen LogP contribution in [-0.2, 0) is 9.53 Å². The van der Waals surface area contributed by atoms with Gasteiger partial charge in [-0.25, -0.2) is 4.79 Å². The highest BCUT2D eigenvalue weighted by Gasteiger charge is 2.16. The van der Waals surface area contributed by atoms with Crippen LogP contribution in [0.1, 0.15) is 48.5 Å². The summed E-state index contributed by atoms with van der Waals surface area (Å²) in [6, 6.07) is 6.28. The van der Waals surface area contributed by atoms with Gasteiger partial charge in [-0.15, -0.1) is 0 Å². The summed E-state index contributed by atoms with van der Waals surface area (Å²) in [5, 5.41) is 8.78. The average molecular weight is 250 g/mol. The standard InChI is InChI=1S/C14H18O4/c1-3-4-9-18-14(17)10(2)11-5-7-12(8-6-11)13(15)16/h5-8,10H,3-4,9H2,1-2H3,(H,15,16)/t10-/m0/s1. The molecule has 0 unspecified atom stereocenters. The van der Waals surface area contributed by atoms with E-state index < -0.39 is 5.97 Å². The molecule has 0 fully saturated rings. The highest BCUT2D eigenvalue weighted by atomic mass is 16.5. The molecule has 1 atom stereocenters. The number of esters is 1. The predicted octanol–water partition coefficient (Wildman–Crippen LogP) is 2.83. The number of carboxylic acid groups (broad SMARTS) is 1. The van der Waals surface area contributed by atoms with Crippen LogP contribution in [0.2, 0.25) is 0 Å². The van der Waals surface area contributed by atoms with Gasteiger partial charge in [-0.2, -0.15) is 0 Å². The van der Waals surface area contributed by atoms with E-state index in [1.165, 1.54) is 12.1 Å². The van der Waals surface area contributed by atoms with Gasteiger partial charge in [0, 0.05) is 0 Å². The molecular weight excluding hydrogens is 232 g/mol. The molecule has 0 saturated carbocycles. The minimum absolute atomic E-state index is 0.213. The number of hydrogen-bond acceptors (Lipinski definition) is 3. The monoisotopic (exact) mass is 250 g/mol. The van der Waals surface area contributed by atoms with Crippen molar-refractivity contribution in [2.75, 3.05) is 6.61 Å². The topological polar surface area (TPSA) is 63.6 Å². The normalized spacial score (nSPS) is 11.9. The van der Waals surface area contributed by atoms with Gasteiger partial charge < -0.3 is 9.84 Å². The molecule has 0 aliphatic rings. The smallest absolute Gasteiger partial charge is 0.335 e. The third kappa shape index (κ3) is 3.87. The van der Waals surface area contributed by atoms with E-state index in [0.717, 1.165) is 18.4 Å². The number of benzene rings is 1. The summed E-state index contributed by atoms with van der Waals surface area (Å²) in [5.41, 5.74) is 0.979. The molecule has 0 radical (unpaired) electrons. The molecule has 0 saturated heterocycles. The lowest BCUT2D eigenvalue weighted by Crippen LogP contribution is -2.14. The third-order valence-corrected chi connectivity index (χ3v) is 2.75. The van der Waals surface area contributed by atoms with Crippen LogP contribution in [0.4, 0.5) is 0 Å². The van der Waals surface area contributed by atoms with Gasteiger partial charge in [0.15, 0.2) is 0 Å². The summed E-state index contributed by atoms with van der Waals surface area (Å²) in [6.45, 7) is 4.22. The summed E-state index contributed by atoms with van der Waals surface area (Å²) >= 11 is 0. The Morgan fingerprint density at radius 1 is 1.28 bits per heavy atom. The lowest BCUT2D eigenvalue weighted by atomic mass is 10.00. The second kappa shape index (κ2) is 6.79. The molecule has 0 aliphatic carbocycles. The van der Waals surface area contributed by atoms with Crippen molar-refractivity contribution in [2.45, 2.75) is 32.6 Å². The van der Waals surface area contributed by atoms with E-state index in [1.807, 2.05) is 6.92 Å². The minimum Gasteiger partial charge on any atom is -0.478 e. The molecule has 98 valence electrons. The zero-order chi connectivity index (χ0) is 13.5. The Hall–Kier alpha value is -1.84. The van der Waals surface area contributed by atoms with Crippen molar-refractivity contribution < 1.29 is 19.4 Å². The Morgan fingerprint density at radius 3 is 2.39 bits per heavy atom. The summed E-state index contributed by atoms with van der Waals surface area (Å²) in [4.78, 5) is 22.4. The third-order valence-electron chi connectivity index (χ3n) is 2.75. The van der Waals surface area contributed by atoms with Gasteiger partial charge in [-0.05, 0) is 31.0 Å². The molecule has 4 nitrogen and oxygen atoms in total. The van der Waals surface area contributed by atoms with Crippen LogP contribution in [-0.4, -0.2) is 23.7 Å². The van der Waals surface area contributed by atoms with Gasteiger partial charge in [0.05, 0.1) is 18.1 Å². The lowest BCUT2D eigenvalue weighted by Gasteiger charge is -2.11. The van der Waals surface area contributed by atoms with Crippen molar-refractivity contribution in [3.05, 3.63) is 35.4 Å². The fraction of sp³-hybridized carbons (Fsp3) is 0.429. The zero-order valence-corrected chi connectivity index (χ0v) is 10.7. The molecule has 1 aromatic rings. The molecule has 0 heterocycles. The van der Waals surface area contributed by atoms with E-state index in [9.17, 15) is 9.59 Å². The van der Waals surface area contributed by atoms with Gasteiger partial charge in [-0.3, -0.25) is 4.79 Å². The predicted molar refractivity (Wildman–Crippen MR) is 67.7 cm³/mol. The Morgan fingerprint density at radius 2 is 1.89 bits per heavy atom. The highest BCUT2D eigenvalue weighted by molar-refractivity contribution is 5.87. The van der Waals surface area contributed by atoms with E-state index in [-0.39, 0.29) is 17.5 Å². The van der Waals surface area contributed by atoms with Crippen LogP contribution in [0.25, 0.3) is 0 Å². The summed E-state index contributed by atoms with van der Waals surface area (Å²) in [5.74, 6) is -1.61. The van der Waals surface area contributed by atoms with E-state index >= 15 is 0 Å². The number of unbranched alkanes of at least 4 members (excludes halogenated alkanes) is 1. The fourth-order valence-electron chi connectivity index (χ4n) is 1.49. The van der Waals surface area contributed by atoms with Crippen LogP contribution in [0.15, 0.2) is 24.3 Å². The minimum atomic E-state index is -0.972. The first kappa shape index (κ1) is 14.2. The van der Waals surface area contributed by atoms with Crippen LogP contribution in [0, 0.1) is 0 Å². The number of carboxylic acids is 1.